The lowest BCUT2D eigenvalue weighted by Gasteiger charge is -2.10. The topological polar surface area (TPSA) is 73.6 Å². The van der Waals surface area contributed by atoms with Crippen LogP contribution >= 0.6 is 0 Å². The van der Waals surface area contributed by atoms with Crippen molar-refractivity contribution in [1.29, 1.82) is 0 Å². The zero-order valence-corrected chi connectivity index (χ0v) is 13.7. The number of rotatable bonds is 4. The Kier molecular flexibility index (Phi) is 3.78. The van der Waals surface area contributed by atoms with Crippen molar-refractivity contribution in [3.63, 3.8) is 0 Å². The van der Waals surface area contributed by atoms with Crippen LogP contribution in [0.2, 0.25) is 0 Å². The van der Waals surface area contributed by atoms with Crippen LogP contribution in [-0.2, 0) is 0 Å². The van der Waals surface area contributed by atoms with Gasteiger partial charge in [-0.25, -0.2) is 0 Å². The minimum absolute atomic E-state index is 0.355. The Bertz CT molecular complexity index is 871. The van der Waals surface area contributed by atoms with Gasteiger partial charge in [-0.05, 0) is 43.3 Å². The number of hydrogen-bond acceptors (Lipinski definition) is 6. The van der Waals surface area contributed by atoms with Crippen molar-refractivity contribution in [2.45, 2.75) is 12.3 Å². The van der Waals surface area contributed by atoms with Crippen LogP contribution in [0.3, 0.4) is 0 Å². The molecule has 1 unspecified atom stereocenters. The summed E-state index contributed by atoms with van der Waals surface area (Å²) in [5.41, 5.74) is 2.57. The summed E-state index contributed by atoms with van der Waals surface area (Å²) < 4.78 is 12.5. The molecule has 1 atom stereocenters. The molecule has 1 fully saturated rings. The Morgan fingerprint density at radius 1 is 1.08 bits per heavy atom. The summed E-state index contributed by atoms with van der Waals surface area (Å²) in [4.78, 5) is 0. The second-order valence-electron chi connectivity index (χ2n) is 5.81. The van der Waals surface area contributed by atoms with E-state index in [1.54, 1.807) is 14.2 Å². The van der Waals surface area contributed by atoms with Gasteiger partial charge in [0.15, 0.2) is 23.0 Å². The van der Waals surface area contributed by atoms with Gasteiger partial charge in [-0.1, -0.05) is 0 Å². The van der Waals surface area contributed by atoms with E-state index in [1.807, 2.05) is 34.8 Å². The van der Waals surface area contributed by atoms with Crippen LogP contribution in [-0.4, -0.2) is 47.1 Å². The molecule has 3 aromatic rings. The molecule has 0 saturated carbocycles. The van der Waals surface area contributed by atoms with Gasteiger partial charge in [0.1, 0.15) is 0 Å². The molecule has 1 aliphatic heterocycles. The van der Waals surface area contributed by atoms with Crippen LogP contribution in [0.15, 0.2) is 30.3 Å². The predicted octanol–water partition coefficient (Wildman–Crippen LogP) is 1.89. The van der Waals surface area contributed by atoms with E-state index in [0.717, 1.165) is 42.2 Å². The summed E-state index contributed by atoms with van der Waals surface area (Å²) in [7, 11) is 3.25. The third-order valence-corrected chi connectivity index (χ3v) is 4.39. The molecule has 3 heterocycles. The van der Waals surface area contributed by atoms with Gasteiger partial charge in [0.05, 0.1) is 19.9 Å². The fourth-order valence-electron chi connectivity index (χ4n) is 3.08. The number of fused-ring (bicyclic) bond motifs is 1. The number of methoxy groups -OCH3 is 2. The van der Waals surface area contributed by atoms with E-state index in [0.29, 0.717) is 17.4 Å². The largest absolute Gasteiger partial charge is 0.493 e. The lowest BCUT2D eigenvalue weighted by molar-refractivity contribution is 0.355. The van der Waals surface area contributed by atoms with E-state index >= 15 is 0 Å². The van der Waals surface area contributed by atoms with Crippen molar-refractivity contribution in [2.24, 2.45) is 0 Å². The standard InChI is InChI=1S/C17H19N5O2/c1-23-14-5-3-11(9-15(14)24-2)13-4-6-16-19-20-17(22(16)21-13)12-7-8-18-10-12/h3-6,9,12,18H,7-8,10H2,1-2H3. The van der Waals surface area contributed by atoms with E-state index < -0.39 is 0 Å². The van der Waals surface area contributed by atoms with Gasteiger partial charge >= 0.3 is 0 Å². The molecule has 0 spiro atoms. The SMILES string of the molecule is COc1ccc(-c2ccc3nnc(C4CCNC4)n3n2)cc1OC. The predicted molar refractivity (Wildman–Crippen MR) is 89.5 cm³/mol. The molecule has 0 aliphatic carbocycles. The fraction of sp³-hybridized carbons (Fsp3) is 0.353. The Morgan fingerprint density at radius 3 is 2.71 bits per heavy atom. The van der Waals surface area contributed by atoms with Gasteiger partial charge in [0, 0.05) is 18.0 Å². The van der Waals surface area contributed by atoms with Crippen LogP contribution in [0.5, 0.6) is 11.5 Å². The van der Waals surface area contributed by atoms with Gasteiger partial charge < -0.3 is 14.8 Å². The summed E-state index contributed by atoms with van der Waals surface area (Å²) in [5.74, 6) is 2.65. The van der Waals surface area contributed by atoms with E-state index in [-0.39, 0.29) is 0 Å². The number of benzene rings is 1. The summed E-state index contributed by atoms with van der Waals surface area (Å²) in [5, 5.41) is 16.7. The molecule has 2 aromatic heterocycles. The van der Waals surface area contributed by atoms with E-state index in [9.17, 15) is 0 Å². The van der Waals surface area contributed by atoms with Crippen LogP contribution in [0.25, 0.3) is 16.9 Å². The monoisotopic (exact) mass is 325 g/mol. The molecule has 1 aliphatic rings. The molecule has 4 rings (SSSR count). The molecular weight excluding hydrogens is 306 g/mol. The quantitative estimate of drug-likeness (QED) is 0.789. The number of nitrogens with one attached hydrogen (secondary N) is 1. The number of ether oxygens (including phenoxy) is 2. The first kappa shape index (κ1) is 14.9. The van der Waals surface area contributed by atoms with Gasteiger partial charge in [-0.3, -0.25) is 0 Å². The lowest BCUT2D eigenvalue weighted by atomic mass is 10.1. The zero-order valence-electron chi connectivity index (χ0n) is 13.7. The Labute approximate surface area is 139 Å². The molecule has 0 radical (unpaired) electrons. The molecule has 1 N–H and O–H groups in total. The maximum Gasteiger partial charge on any atom is 0.177 e. The summed E-state index contributed by atoms with van der Waals surface area (Å²) in [6.45, 7) is 1.93. The average Bonchev–Trinajstić information content (AvgIpc) is 3.29. The first-order valence-electron chi connectivity index (χ1n) is 7.95. The molecule has 1 saturated heterocycles. The molecule has 24 heavy (non-hydrogen) atoms. The Balaban J connectivity index is 1.78. The zero-order chi connectivity index (χ0) is 16.5. The van der Waals surface area contributed by atoms with Crippen LogP contribution in [0.4, 0.5) is 0 Å². The highest BCUT2D eigenvalue weighted by atomic mass is 16.5. The van der Waals surface area contributed by atoms with E-state index in [1.165, 1.54) is 0 Å². The second-order valence-corrected chi connectivity index (χ2v) is 5.81. The van der Waals surface area contributed by atoms with Crippen molar-refractivity contribution < 1.29 is 9.47 Å². The molecule has 7 nitrogen and oxygen atoms in total. The van der Waals surface area contributed by atoms with Crippen LogP contribution < -0.4 is 14.8 Å². The van der Waals surface area contributed by atoms with Gasteiger partial charge in [-0.15, -0.1) is 10.2 Å². The van der Waals surface area contributed by atoms with Gasteiger partial charge in [-0.2, -0.15) is 9.61 Å². The summed E-state index contributed by atoms with van der Waals surface area (Å²) in [6, 6.07) is 9.67. The van der Waals surface area contributed by atoms with E-state index in [4.69, 9.17) is 14.6 Å². The van der Waals surface area contributed by atoms with Crippen molar-refractivity contribution in [1.82, 2.24) is 25.1 Å². The minimum atomic E-state index is 0.355. The fourth-order valence-corrected chi connectivity index (χ4v) is 3.08. The highest BCUT2D eigenvalue weighted by molar-refractivity contribution is 5.64. The highest BCUT2D eigenvalue weighted by Gasteiger charge is 2.22. The lowest BCUT2D eigenvalue weighted by Crippen LogP contribution is -2.11. The highest BCUT2D eigenvalue weighted by Crippen LogP contribution is 2.31. The Hall–Kier alpha value is -2.67. The second kappa shape index (κ2) is 6.09. The van der Waals surface area contributed by atoms with Crippen molar-refractivity contribution in [3.8, 4) is 22.8 Å². The Morgan fingerprint density at radius 2 is 1.96 bits per heavy atom. The first-order valence-corrected chi connectivity index (χ1v) is 7.95. The van der Waals surface area contributed by atoms with Crippen LogP contribution in [0.1, 0.15) is 18.2 Å². The summed E-state index contributed by atoms with van der Waals surface area (Å²) in [6.07, 6.45) is 1.06. The first-order chi connectivity index (χ1) is 11.8. The third-order valence-electron chi connectivity index (χ3n) is 4.39. The average molecular weight is 325 g/mol. The van der Waals surface area contributed by atoms with Crippen LogP contribution in [0, 0.1) is 0 Å². The molecule has 1 aromatic carbocycles. The molecule has 7 heteroatoms. The van der Waals surface area contributed by atoms with E-state index in [2.05, 4.69) is 15.5 Å². The molecule has 0 bridgehead atoms. The number of hydrogen-bond donors (Lipinski definition) is 1. The maximum absolute atomic E-state index is 5.38. The smallest absolute Gasteiger partial charge is 0.177 e. The minimum Gasteiger partial charge on any atom is -0.493 e. The maximum atomic E-state index is 5.38. The van der Waals surface area contributed by atoms with Gasteiger partial charge in [0.2, 0.25) is 0 Å². The normalized spacial score (nSPS) is 17.3. The molecule has 124 valence electrons. The van der Waals surface area contributed by atoms with Crippen molar-refractivity contribution in [2.75, 3.05) is 27.3 Å². The summed E-state index contributed by atoms with van der Waals surface area (Å²) >= 11 is 0. The third kappa shape index (κ3) is 2.46. The van der Waals surface area contributed by atoms with Crippen molar-refractivity contribution >= 4 is 5.65 Å². The number of nitrogens with zero attached hydrogens (tertiary/aromatic N) is 4. The van der Waals surface area contributed by atoms with Crippen molar-refractivity contribution in [3.05, 3.63) is 36.2 Å². The van der Waals surface area contributed by atoms with Gasteiger partial charge in [0.25, 0.3) is 0 Å². The number of aromatic nitrogens is 4. The molecule has 0 amide bonds. The molecular formula is C17H19N5O2.